The summed E-state index contributed by atoms with van der Waals surface area (Å²) >= 11 is 1.75. The highest BCUT2D eigenvalue weighted by Gasteiger charge is 2.17. The van der Waals surface area contributed by atoms with E-state index in [0.29, 0.717) is 6.04 Å². The van der Waals surface area contributed by atoms with Crippen LogP contribution in [0.1, 0.15) is 49.2 Å². The van der Waals surface area contributed by atoms with Crippen LogP contribution in [0.3, 0.4) is 0 Å². The number of nitrogens with zero attached hydrogens (tertiary/aromatic N) is 1. The van der Waals surface area contributed by atoms with E-state index in [2.05, 4.69) is 36.7 Å². The standard InChI is InChI=1S/C16H20N2O2S/c1-3-6-15(16-9-5-10-21-16)17-12(2)13-7-4-8-14(11-13)18(19)20/h4-5,7-12,15,17H,3,6H2,1-2H3. The number of benzene rings is 1. The van der Waals surface area contributed by atoms with Crippen LogP contribution in [0.4, 0.5) is 5.69 Å². The monoisotopic (exact) mass is 304 g/mol. The third kappa shape index (κ3) is 4.12. The minimum atomic E-state index is -0.348. The van der Waals surface area contributed by atoms with Gasteiger partial charge in [-0.05, 0) is 30.4 Å². The zero-order chi connectivity index (χ0) is 15.2. The number of thiophene rings is 1. The Morgan fingerprint density at radius 1 is 1.33 bits per heavy atom. The summed E-state index contributed by atoms with van der Waals surface area (Å²) < 4.78 is 0. The van der Waals surface area contributed by atoms with Crippen LogP contribution in [-0.2, 0) is 0 Å². The minimum Gasteiger partial charge on any atom is -0.303 e. The molecule has 0 bridgehead atoms. The Hall–Kier alpha value is -1.72. The Balaban J connectivity index is 2.13. The molecule has 0 saturated carbocycles. The molecular weight excluding hydrogens is 284 g/mol. The van der Waals surface area contributed by atoms with Crippen molar-refractivity contribution in [2.45, 2.75) is 38.8 Å². The van der Waals surface area contributed by atoms with Crippen LogP contribution in [0.5, 0.6) is 0 Å². The lowest BCUT2D eigenvalue weighted by Gasteiger charge is -2.22. The van der Waals surface area contributed by atoms with E-state index in [1.807, 2.05) is 6.07 Å². The van der Waals surface area contributed by atoms with E-state index in [1.165, 1.54) is 10.9 Å². The van der Waals surface area contributed by atoms with Crippen molar-refractivity contribution in [2.24, 2.45) is 0 Å². The van der Waals surface area contributed by atoms with Crippen molar-refractivity contribution < 1.29 is 4.92 Å². The molecule has 0 aliphatic rings. The van der Waals surface area contributed by atoms with E-state index in [0.717, 1.165) is 18.4 Å². The minimum absolute atomic E-state index is 0.0727. The third-order valence-electron chi connectivity index (χ3n) is 3.50. The van der Waals surface area contributed by atoms with Gasteiger partial charge in [-0.1, -0.05) is 31.5 Å². The van der Waals surface area contributed by atoms with Gasteiger partial charge in [0, 0.05) is 29.1 Å². The normalized spacial score (nSPS) is 13.8. The van der Waals surface area contributed by atoms with Crippen LogP contribution in [-0.4, -0.2) is 4.92 Å². The lowest BCUT2D eigenvalue weighted by molar-refractivity contribution is -0.384. The Kier molecular flexibility index (Phi) is 5.47. The summed E-state index contributed by atoms with van der Waals surface area (Å²) in [4.78, 5) is 11.8. The van der Waals surface area contributed by atoms with Gasteiger partial charge in [0.1, 0.15) is 0 Å². The molecule has 1 aromatic carbocycles. The van der Waals surface area contributed by atoms with Gasteiger partial charge < -0.3 is 5.32 Å². The lowest BCUT2D eigenvalue weighted by atomic mass is 10.0. The molecule has 1 heterocycles. The van der Waals surface area contributed by atoms with Crippen LogP contribution in [0.15, 0.2) is 41.8 Å². The van der Waals surface area contributed by atoms with Gasteiger partial charge in [0.2, 0.25) is 0 Å². The molecule has 2 aromatic rings. The highest BCUT2D eigenvalue weighted by molar-refractivity contribution is 7.10. The maximum atomic E-state index is 10.9. The summed E-state index contributed by atoms with van der Waals surface area (Å²) in [7, 11) is 0. The number of hydrogen-bond donors (Lipinski definition) is 1. The summed E-state index contributed by atoms with van der Waals surface area (Å²) in [5, 5.41) is 16.5. The smallest absolute Gasteiger partial charge is 0.269 e. The van der Waals surface area contributed by atoms with Gasteiger partial charge in [0.05, 0.1) is 4.92 Å². The molecule has 0 amide bonds. The second-order valence-corrected chi connectivity index (χ2v) is 6.08. The molecule has 4 nitrogen and oxygen atoms in total. The van der Waals surface area contributed by atoms with Gasteiger partial charge in [-0.3, -0.25) is 10.1 Å². The predicted molar refractivity (Wildman–Crippen MR) is 86.6 cm³/mol. The molecule has 0 aliphatic heterocycles. The molecule has 1 N–H and O–H groups in total. The van der Waals surface area contributed by atoms with Crippen molar-refractivity contribution in [1.29, 1.82) is 0 Å². The van der Waals surface area contributed by atoms with Crippen molar-refractivity contribution >= 4 is 17.0 Å². The largest absolute Gasteiger partial charge is 0.303 e. The summed E-state index contributed by atoms with van der Waals surface area (Å²) in [6.45, 7) is 4.22. The van der Waals surface area contributed by atoms with Gasteiger partial charge in [-0.15, -0.1) is 11.3 Å². The number of nitro benzene ring substituents is 1. The second-order valence-electron chi connectivity index (χ2n) is 5.10. The van der Waals surface area contributed by atoms with Crippen molar-refractivity contribution in [2.75, 3.05) is 0 Å². The topological polar surface area (TPSA) is 55.2 Å². The average Bonchev–Trinajstić information content (AvgIpc) is 3.01. The number of non-ortho nitro benzene ring substituents is 1. The first kappa shape index (κ1) is 15.7. The average molecular weight is 304 g/mol. The first-order valence-corrected chi connectivity index (χ1v) is 8.03. The first-order valence-electron chi connectivity index (χ1n) is 7.15. The van der Waals surface area contributed by atoms with E-state index >= 15 is 0 Å². The van der Waals surface area contributed by atoms with Crippen LogP contribution < -0.4 is 5.32 Å². The fourth-order valence-corrected chi connectivity index (χ4v) is 3.21. The van der Waals surface area contributed by atoms with Gasteiger partial charge in [0.25, 0.3) is 5.69 Å². The van der Waals surface area contributed by atoms with Crippen LogP contribution in [0.25, 0.3) is 0 Å². The first-order chi connectivity index (χ1) is 10.1. The van der Waals surface area contributed by atoms with Crippen LogP contribution in [0, 0.1) is 10.1 Å². The summed E-state index contributed by atoms with van der Waals surface area (Å²) in [5.74, 6) is 0. The van der Waals surface area contributed by atoms with Crippen molar-refractivity contribution in [3.63, 3.8) is 0 Å². The van der Waals surface area contributed by atoms with Crippen molar-refractivity contribution in [3.05, 3.63) is 62.3 Å². The molecule has 1 aromatic heterocycles. The Bertz CT molecular complexity index is 584. The zero-order valence-corrected chi connectivity index (χ0v) is 13.1. The number of nitrogens with one attached hydrogen (secondary N) is 1. The molecule has 2 rings (SSSR count). The SMILES string of the molecule is CCCC(NC(C)c1cccc([N+](=O)[O-])c1)c1cccs1. The molecule has 5 heteroatoms. The van der Waals surface area contributed by atoms with Gasteiger partial charge in [-0.2, -0.15) is 0 Å². The van der Waals surface area contributed by atoms with E-state index in [1.54, 1.807) is 23.5 Å². The fourth-order valence-electron chi connectivity index (χ4n) is 2.39. The Labute approximate surface area is 129 Å². The molecule has 0 aliphatic carbocycles. The molecular formula is C16H20N2O2S. The van der Waals surface area contributed by atoms with Crippen LogP contribution in [0.2, 0.25) is 0 Å². The van der Waals surface area contributed by atoms with Gasteiger partial charge >= 0.3 is 0 Å². The van der Waals surface area contributed by atoms with Gasteiger partial charge in [0.15, 0.2) is 0 Å². The highest BCUT2D eigenvalue weighted by atomic mass is 32.1. The van der Waals surface area contributed by atoms with E-state index in [9.17, 15) is 10.1 Å². The second kappa shape index (κ2) is 7.33. The summed E-state index contributed by atoms with van der Waals surface area (Å²) in [6.07, 6.45) is 2.15. The fraction of sp³-hybridized carbons (Fsp3) is 0.375. The number of hydrogen-bond acceptors (Lipinski definition) is 4. The maximum Gasteiger partial charge on any atom is 0.269 e. The van der Waals surface area contributed by atoms with Crippen LogP contribution >= 0.6 is 11.3 Å². The molecule has 112 valence electrons. The van der Waals surface area contributed by atoms with Crippen molar-refractivity contribution in [1.82, 2.24) is 5.32 Å². The molecule has 0 radical (unpaired) electrons. The molecule has 2 unspecified atom stereocenters. The summed E-state index contributed by atoms with van der Waals surface area (Å²) in [6, 6.07) is 11.4. The quantitative estimate of drug-likeness (QED) is 0.587. The Morgan fingerprint density at radius 3 is 2.76 bits per heavy atom. The maximum absolute atomic E-state index is 10.9. The highest BCUT2D eigenvalue weighted by Crippen LogP contribution is 2.27. The molecule has 0 saturated heterocycles. The van der Waals surface area contributed by atoms with Crippen molar-refractivity contribution in [3.8, 4) is 0 Å². The zero-order valence-electron chi connectivity index (χ0n) is 12.3. The summed E-state index contributed by atoms with van der Waals surface area (Å²) in [5.41, 5.74) is 1.09. The third-order valence-corrected chi connectivity index (χ3v) is 4.48. The van der Waals surface area contributed by atoms with Gasteiger partial charge in [-0.25, -0.2) is 0 Å². The predicted octanol–water partition coefficient (Wildman–Crippen LogP) is 4.85. The Morgan fingerprint density at radius 2 is 2.14 bits per heavy atom. The number of rotatable bonds is 7. The molecule has 0 spiro atoms. The lowest BCUT2D eigenvalue weighted by Crippen LogP contribution is -2.24. The van der Waals surface area contributed by atoms with E-state index in [4.69, 9.17) is 0 Å². The van der Waals surface area contributed by atoms with E-state index < -0.39 is 0 Å². The molecule has 0 fully saturated rings. The molecule has 2 atom stereocenters. The number of nitro groups is 1. The van der Waals surface area contributed by atoms with E-state index in [-0.39, 0.29) is 16.7 Å². The molecule has 21 heavy (non-hydrogen) atoms.